The maximum Gasteiger partial charge on any atom is 0.255 e. The van der Waals surface area contributed by atoms with Gasteiger partial charge in [-0.1, -0.05) is 12.8 Å². The molecule has 0 radical (unpaired) electrons. The monoisotopic (exact) mass is 277 g/mol. The van der Waals surface area contributed by atoms with Gasteiger partial charge >= 0.3 is 0 Å². The number of rotatable bonds is 5. The molecule has 20 heavy (non-hydrogen) atoms. The summed E-state index contributed by atoms with van der Waals surface area (Å²) in [6.07, 6.45) is 7.96. The van der Waals surface area contributed by atoms with E-state index in [4.69, 9.17) is 10.5 Å². The van der Waals surface area contributed by atoms with Gasteiger partial charge in [-0.25, -0.2) is 0 Å². The summed E-state index contributed by atoms with van der Waals surface area (Å²) in [5.74, 6) is 1.42. The van der Waals surface area contributed by atoms with Gasteiger partial charge in [0, 0.05) is 12.7 Å². The summed E-state index contributed by atoms with van der Waals surface area (Å²) in [6, 6.07) is 1.68. The van der Waals surface area contributed by atoms with Crippen molar-refractivity contribution in [1.29, 1.82) is 0 Å². The number of hydrogen-bond acceptors (Lipinski definition) is 4. The number of hydrogen-bond donors (Lipinski definition) is 2. The molecule has 2 unspecified atom stereocenters. The average molecular weight is 277 g/mol. The standard InChI is InChI=1S/C15H23N3O2/c1-20-14-10-17-7-6-13(14)15(19)18-9-12-5-3-2-4-11(12)8-16/h6-7,10-12H,2-5,8-9,16H2,1H3,(H,18,19). The Balaban J connectivity index is 1.94. The Hall–Kier alpha value is -1.62. The van der Waals surface area contributed by atoms with Crippen LogP contribution in [-0.2, 0) is 0 Å². The fourth-order valence-electron chi connectivity index (χ4n) is 2.91. The Labute approximate surface area is 119 Å². The zero-order valence-corrected chi connectivity index (χ0v) is 12.0. The molecule has 0 aliphatic heterocycles. The van der Waals surface area contributed by atoms with E-state index in [1.807, 2.05) is 0 Å². The first kappa shape index (κ1) is 14.8. The molecule has 110 valence electrons. The van der Waals surface area contributed by atoms with Crippen LogP contribution in [0.25, 0.3) is 0 Å². The van der Waals surface area contributed by atoms with Crippen LogP contribution in [0.5, 0.6) is 5.75 Å². The Morgan fingerprint density at radius 1 is 1.45 bits per heavy atom. The number of ether oxygens (including phenoxy) is 1. The molecule has 5 heteroatoms. The molecule has 1 saturated carbocycles. The molecule has 1 aliphatic carbocycles. The van der Waals surface area contributed by atoms with Gasteiger partial charge in [-0.15, -0.1) is 0 Å². The number of nitrogens with zero attached hydrogens (tertiary/aromatic N) is 1. The fourth-order valence-corrected chi connectivity index (χ4v) is 2.91. The number of aromatic nitrogens is 1. The van der Waals surface area contributed by atoms with Gasteiger partial charge in [-0.05, 0) is 37.3 Å². The van der Waals surface area contributed by atoms with E-state index in [0.717, 1.165) is 6.42 Å². The first-order chi connectivity index (χ1) is 9.76. The van der Waals surface area contributed by atoms with Crippen LogP contribution in [0.4, 0.5) is 0 Å². The van der Waals surface area contributed by atoms with Crippen molar-refractivity contribution < 1.29 is 9.53 Å². The maximum atomic E-state index is 12.2. The predicted molar refractivity (Wildman–Crippen MR) is 77.6 cm³/mol. The second kappa shape index (κ2) is 7.24. The Morgan fingerprint density at radius 3 is 2.90 bits per heavy atom. The molecule has 1 aliphatic rings. The van der Waals surface area contributed by atoms with Crippen LogP contribution in [0.2, 0.25) is 0 Å². The van der Waals surface area contributed by atoms with Crippen LogP contribution < -0.4 is 15.8 Å². The summed E-state index contributed by atoms with van der Waals surface area (Å²) in [5.41, 5.74) is 6.35. The second-order valence-corrected chi connectivity index (χ2v) is 5.33. The molecule has 1 fully saturated rings. The molecule has 1 aromatic heterocycles. The van der Waals surface area contributed by atoms with Crippen LogP contribution in [0.15, 0.2) is 18.5 Å². The van der Waals surface area contributed by atoms with Gasteiger partial charge in [0.15, 0.2) is 0 Å². The number of methoxy groups -OCH3 is 1. The van der Waals surface area contributed by atoms with E-state index < -0.39 is 0 Å². The first-order valence-electron chi connectivity index (χ1n) is 7.22. The van der Waals surface area contributed by atoms with Crippen molar-refractivity contribution in [2.24, 2.45) is 17.6 Å². The summed E-state index contributed by atoms with van der Waals surface area (Å²) in [6.45, 7) is 1.39. The van der Waals surface area contributed by atoms with Crippen molar-refractivity contribution in [2.75, 3.05) is 20.2 Å². The van der Waals surface area contributed by atoms with E-state index in [9.17, 15) is 4.79 Å². The molecule has 0 aromatic carbocycles. The van der Waals surface area contributed by atoms with Crippen molar-refractivity contribution in [3.05, 3.63) is 24.0 Å². The van der Waals surface area contributed by atoms with E-state index in [-0.39, 0.29) is 5.91 Å². The maximum absolute atomic E-state index is 12.2. The van der Waals surface area contributed by atoms with Gasteiger partial charge in [0.2, 0.25) is 0 Å². The number of nitrogens with one attached hydrogen (secondary N) is 1. The van der Waals surface area contributed by atoms with Crippen molar-refractivity contribution in [2.45, 2.75) is 25.7 Å². The third-order valence-electron chi connectivity index (χ3n) is 4.14. The summed E-state index contributed by atoms with van der Waals surface area (Å²) in [7, 11) is 1.54. The summed E-state index contributed by atoms with van der Waals surface area (Å²) < 4.78 is 5.16. The lowest BCUT2D eigenvalue weighted by Gasteiger charge is -2.30. The second-order valence-electron chi connectivity index (χ2n) is 5.33. The highest BCUT2D eigenvalue weighted by Crippen LogP contribution is 2.28. The van der Waals surface area contributed by atoms with Gasteiger partial charge in [0.1, 0.15) is 5.75 Å². The van der Waals surface area contributed by atoms with Crippen molar-refractivity contribution in [3.63, 3.8) is 0 Å². The molecule has 1 amide bonds. The Morgan fingerprint density at radius 2 is 2.20 bits per heavy atom. The third-order valence-corrected chi connectivity index (χ3v) is 4.14. The number of carbonyl (C=O) groups is 1. The van der Waals surface area contributed by atoms with Crippen LogP contribution in [0, 0.1) is 11.8 Å². The molecule has 3 N–H and O–H groups in total. The topological polar surface area (TPSA) is 77.2 Å². The van der Waals surface area contributed by atoms with Crippen molar-refractivity contribution >= 4 is 5.91 Å². The third kappa shape index (κ3) is 3.48. The van der Waals surface area contributed by atoms with Gasteiger partial charge in [0.05, 0.1) is 18.9 Å². The number of pyridine rings is 1. The largest absolute Gasteiger partial charge is 0.494 e. The zero-order chi connectivity index (χ0) is 14.4. The highest BCUT2D eigenvalue weighted by Gasteiger charge is 2.24. The lowest BCUT2D eigenvalue weighted by Crippen LogP contribution is -2.37. The quantitative estimate of drug-likeness (QED) is 0.856. The Kier molecular flexibility index (Phi) is 5.35. The van der Waals surface area contributed by atoms with Crippen LogP contribution in [0.1, 0.15) is 36.0 Å². The van der Waals surface area contributed by atoms with E-state index in [1.165, 1.54) is 19.3 Å². The summed E-state index contributed by atoms with van der Waals surface area (Å²) in [4.78, 5) is 16.2. The molecule has 1 heterocycles. The minimum Gasteiger partial charge on any atom is -0.494 e. The average Bonchev–Trinajstić information content (AvgIpc) is 2.52. The van der Waals surface area contributed by atoms with E-state index in [0.29, 0.717) is 36.2 Å². The fraction of sp³-hybridized carbons (Fsp3) is 0.600. The lowest BCUT2D eigenvalue weighted by molar-refractivity contribution is 0.0932. The SMILES string of the molecule is COc1cnccc1C(=O)NCC1CCCCC1CN. The number of carbonyl (C=O) groups excluding carboxylic acids is 1. The van der Waals surface area contributed by atoms with E-state index in [1.54, 1.807) is 25.6 Å². The van der Waals surface area contributed by atoms with Gasteiger partial charge in [0.25, 0.3) is 5.91 Å². The minimum absolute atomic E-state index is 0.106. The highest BCUT2D eigenvalue weighted by atomic mass is 16.5. The van der Waals surface area contributed by atoms with Crippen LogP contribution >= 0.6 is 0 Å². The molecule has 0 bridgehead atoms. The molecule has 1 aromatic rings. The summed E-state index contributed by atoms with van der Waals surface area (Å²) in [5, 5.41) is 3.01. The molecule has 5 nitrogen and oxygen atoms in total. The zero-order valence-electron chi connectivity index (χ0n) is 12.0. The van der Waals surface area contributed by atoms with Crippen LogP contribution in [-0.4, -0.2) is 31.1 Å². The van der Waals surface area contributed by atoms with Crippen molar-refractivity contribution in [3.8, 4) is 5.75 Å². The number of nitrogens with two attached hydrogens (primary N) is 1. The van der Waals surface area contributed by atoms with E-state index in [2.05, 4.69) is 10.3 Å². The molecular weight excluding hydrogens is 254 g/mol. The number of amides is 1. The molecule has 2 atom stereocenters. The predicted octanol–water partition coefficient (Wildman–Crippen LogP) is 1.59. The minimum atomic E-state index is -0.106. The molecular formula is C15H23N3O2. The highest BCUT2D eigenvalue weighted by molar-refractivity contribution is 5.96. The van der Waals surface area contributed by atoms with Crippen LogP contribution in [0.3, 0.4) is 0 Å². The van der Waals surface area contributed by atoms with Gasteiger partial charge in [-0.2, -0.15) is 0 Å². The smallest absolute Gasteiger partial charge is 0.255 e. The van der Waals surface area contributed by atoms with E-state index >= 15 is 0 Å². The van der Waals surface area contributed by atoms with Crippen molar-refractivity contribution in [1.82, 2.24) is 10.3 Å². The molecule has 2 rings (SSSR count). The molecule has 0 spiro atoms. The lowest BCUT2D eigenvalue weighted by atomic mass is 9.79. The van der Waals surface area contributed by atoms with Gasteiger partial charge < -0.3 is 15.8 Å². The molecule has 0 saturated heterocycles. The first-order valence-corrected chi connectivity index (χ1v) is 7.22. The Bertz CT molecular complexity index is 450. The normalized spacial score (nSPS) is 22.3. The summed E-state index contributed by atoms with van der Waals surface area (Å²) >= 11 is 0. The van der Waals surface area contributed by atoms with Gasteiger partial charge in [-0.3, -0.25) is 9.78 Å².